The van der Waals surface area contributed by atoms with E-state index in [2.05, 4.69) is 10.5 Å². The van der Waals surface area contributed by atoms with E-state index in [1.165, 1.54) is 24.4 Å². The van der Waals surface area contributed by atoms with Crippen LogP contribution in [0.25, 0.3) is 0 Å². The molecule has 0 saturated heterocycles. The molecule has 0 unspecified atom stereocenters. The van der Waals surface area contributed by atoms with Crippen molar-refractivity contribution in [3.63, 3.8) is 0 Å². The fraction of sp³-hybridized carbons (Fsp3) is 0.118. The Morgan fingerprint density at radius 3 is 2.48 bits per heavy atom. The average Bonchev–Trinajstić information content (AvgIpc) is 2.60. The second kappa shape index (κ2) is 9.02. The molecule has 0 bridgehead atoms. The van der Waals surface area contributed by atoms with Crippen LogP contribution in [-0.4, -0.2) is 36.4 Å². The van der Waals surface area contributed by atoms with Gasteiger partial charge in [-0.1, -0.05) is 12.1 Å². The van der Waals surface area contributed by atoms with Crippen molar-refractivity contribution in [2.75, 3.05) is 13.2 Å². The summed E-state index contributed by atoms with van der Waals surface area (Å²) < 4.78 is 23.3. The molecule has 0 atom stereocenters. The topological polar surface area (TPSA) is 97.2 Å². The van der Waals surface area contributed by atoms with Gasteiger partial charge in [0.15, 0.2) is 24.8 Å². The predicted molar refractivity (Wildman–Crippen MR) is 87.2 cm³/mol. The molecule has 0 heterocycles. The molecule has 2 rings (SSSR count). The Morgan fingerprint density at radius 1 is 1.08 bits per heavy atom. The van der Waals surface area contributed by atoms with E-state index in [1.807, 2.05) is 0 Å². The number of nitrogens with zero attached hydrogens (tertiary/aromatic N) is 1. The SMILES string of the molecule is O=C(O)COc1ccc(/C=N\NC(=O)COc2ccccc2F)cc1. The highest BCUT2D eigenvalue weighted by molar-refractivity contribution is 5.83. The highest BCUT2D eigenvalue weighted by Gasteiger charge is 2.05. The van der Waals surface area contributed by atoms with Crippen molar-refractivity contribution in [2.24, 2.45) is 5.10 Å². The Morgan fingerprint density at radius 2 is 1.80 bits per heavy atom. The largest absolute Gasteiger partial charge is 0.482 e. The number of hydrogen-bond donors (Lipinski definition) is 2. The van der Waals surface area contributed by atoms with Crippen LogP contribution in [0.1, 0.15) is 5.56 Å². The molecule has 25 heavy (non-hydrogen) atoms. The third kappa shape index (κ3) is 6.30. The molecule has 0 fully saturated rings. The molecule has 8 heteroatoms. The number of para-hydroxylation sites is 1. The van der Waals surface area contributed by atoms with Crippen LogP contribution < -0.4 is 14.9 Å². The van der Waals surface area contributed by atoms with Gasteiger partial charge >= 0.3 is 5.97 Å². The molecule has 0 radical (unpaired) electrons. The molecular weight excluding hydrogens is 331 g/mol. The van der Waals surface area contributed by atoms with Crippen LogP contribution in [0.2, 0.25) is 0 Å². The molecule has 130 valence electrons. The number of carbonyl (C=O) groups is 2. The van der Waals surface area contributed by atoms with Crippen molar-refractivity contribution in [2.45, 2.75) is 0 Å². The number of aliphatic carboxylic acids is 1. The van der Waals surface area contributed by atoms with Crippen LogP contribution >= 0.6 is 0 Å². The van der Waals surface area contributed by atoms with E-state index in [1.54, 1.807) is 30.3 Å². The first-order valence-corrected chi connectivity index (χ1v) is 7.18. The first kappa shape index (κ1) is 17.9. The van der Waals surface area contributed by atoms with Gasteiger partial charge in [-0.2, -0.15) is 5.10 Å². The lowest BCUT2D eigenvalue weighted by atomic mass is 10.2. The van der Waals surface area contributed by atoms with Gasteiger partial charge in [-0.05, 0) is 42.0 Å². The van der Waals surface area contributed by atoms with E-state index in [4.69, 9.17) is 14.6 Å². The summed E-state index contributed by atoms with van der Waals surface area (Å²) in [5.74, 6) is -1.77. The number of hydrazone groups is 1. The second-order valence-electron chi connectivity index (χ2n) is 4.76. The van der Waals surface area contributed by atoms with E-state index in [9.17, 15) is 14.0 Å². The smallest absolute Gasteiger partial charge is 0.341 e. The zero-order chi connectivity index (χ0) is 18.1. The highest BCUT2D eigenvalue weighted by Crippen LogP contribution is 2.14. The molecule has 0 aliphatic carbocycles. The number of amides is 1. The molecule has 0 aromatic heterocycles. The average molecular weight is 346 g/mol. The standard InChI is InChI=1S/C17H15FN2O5/c18-14-3-1-2-4-15(14)25-10-16(21)20-19-9-12-5-7-13(8-6-12)24-11-17(22)23/h1-9H,10-11H2,(H,20,21)(H,22,23)/b19-9-. The van der Waals surface area contributed by atoms with Crippen LogP contribution in [0.15, 0.2) is 53.6 Å². The Labute approximate surface area is 142 Å². The Kier molecular flexibility index (Phi) is 6.47. The van der Waals surface area contributed by atoms with Gasteiger partial charge in [-0.15, -0.1) is 0 Å². The van der Waals surface area contributed by atoms with E-state index < -0.39 is 24.3 Å². The Hall–Kier alpha value is -3.42. The Balaban J connectivity index is 1.77. The van der Waals surface area contributed by atoms with E-state index in [0.29, 0.717) is 11.3 Å². The maximum absolute atomic E-state index is 13.3. The van der Waals surface area contributed by atoms with Gasteiger partial charge in [-0.25, -0.2) is 14.6 Å². The van der Waals surface area contributed by atoms with Crippen molar-refractivity contribution in [1.82, 2.24) is 5.43 Å². The van der Waals surface area contributed by atoms with Crippen molar-refractivity contribution in [1.29, 1.82) is 0 Å². The molecule has 1 amide bonds. The summed E-state index contributed by atoms with van der Waals surface area (Å²) in [6.07, 6.45) is 1.39. The van der Waals surface area contributed by atoms with Crippen LogP contribution in [0.4, 0.5) is 4.39 Å². The van der Waals surface area contributed by atoms with Crippen LogP contribution in [-0.2, 0) is 9.59 Å². The number of benzene rings is 2. The summed E-state index contributed by atoms with van der Waals surface area (Å²) >= 11 is 0. The van der Waals surface area contributed by atoms with Crippen molar-refractivity contribution >= 4 is 18.1 Å². The molecular formula is C17H15FN2O5. The number of halogens is 1. The fourth-order valence-electron chi connectivity index (χ4n) is 1.71. The quantitative estimate of drug-likeness (QED) is 0.561. The highest BCUT2D eigenvalue weighted by atomic mass is 19.1. The first-order valence-electron chi connectivity index (χ1n) is 7.18. The summed E-state index contributed by atoms with van der Waals surface area (Å²) in [5.41, 5.74) is 2.91. The monoisotopic (exact) mass is 346 g/mol. The molecule has 0 saturated carbocycles. The van der Waals surface area contributed by atoms with Gasteiger partial charge in [0.1, 0.15) is 5.75 Å². The fourth-order valence-corrected chi connectivity index (χ4v) is 1.71. The zero-order valence-corrected chi connectivity index (χ0v) is 13.0. The van der Waals surface area contributed by atoms with Gasteiger partial charge in [0.05, 0.1) is 6.21 Å². The van der Waals surface area contributed by atoms with Gasteiger partial charge in [0.25, 0.3) is 5.91 Å². The van der Waals surface area contributed by atoms with E-state index in [-0.39, 0.29) is 12.4 Å². The first-order chi connectivity index (χ1) is 12.0. The van der Waals surface area contributed by atoms with Gasteiger partial charge in [-0.3, -0.25) is 4.79 Å². The summed E-state index contributed by atoms with van der Waals surface area (Å²) in [6, 6.07) is 12.2. The third-order valence-corrected chi connectivity index (χ3v) is 2.84. The molecule has 2 N–H and O–H groups in total. The predicted octanol–water partition coefficient (Wildman–Crippen LogP) is 1.82. The summed E-state index contributed by atoms with van der Waals surface area (Å²) in [6.45, 7) is -0.800. The van der Waals surface area contributed by atoms with E-state index >= 15 is 0 Å². The molecule has 0 aliphatic rings. The number of ether oxygens (including phenoxy) is 2. The molecule has 0 aliphatic heterocycles. The van der Waals surface area contributed by atoms with Crippen molar-refractivity contribution in [3.05, 3.63) is 59.9 Å². The van der Waals surface area contributed by atoms with Crippen LogP contribution in [0.3, 0.4) is 0 Å². The van der Waals surface area contributed by atoms with Crippen molar-refractivity contribution in [3.8, 4) is 11.5 Å². The maximum atomic E-state index is 13.3. The summed E-state index contributed by atoms with van der Waals surface area (Å²) in [5, 5.41) is 12.3. The normalized spacial score (nSPS) is 10.4. The minimum absolute atomic E-state index is 0.0152. The lowest BCUT2D eigenvalue weighted by molar-refractivity contribution is -0.139. The number of carbonyl (C=O) groups excluding carboxylic acids is 1. The lowest BCUT2D eigenvalue weighted by Crippen LogP contribution is -2.24. The molecule has 0 spiro atoms. The molecule has 7 nitrogen and oxygen atoms in total. The number of carboxylic acids is 1. The summed E-state index contributed by atoms with van der Waals surface area (Å²) in [7, 11) is 0. The minimum Gasteiger partial charge on any atom is -0.482 e. The summed E-state index contributed by atoms with van der Waals surface area (Å²) in [4.78, 5) is 22.0. The minimum atomic E-state index is -1.06. The Bertz CT molecular complexity index is 762. The second-order valence-corrected chi connectivity index (χ2v) is 4.76. The number of hydrogen-bond acceptors (Lipinski definition) is 5. The molecule has 2 aromatic carbocycles. The number of rotatable bonds is 8. The third-order valence-electron chi connectivity index (χ3n) is 2.84. The van der Waals surface area contributed by atoms with Crippen LogP contribution in [0.5, 0.6) is 11.5 Å². The molecule has 2 aromatic rings. The van der Waals surface area contributed by atoms with Crippen LogP contribution in [0, 0.1) is 5.82 Å². The van der Waals surface area contributed by atoms with Gasteiger partial charge < -0.3 is 14.6 Å². The number of carboxylic acid groups (broad SMARTS) is 1. The number of nitrogens with one attached hydrogen (secondary N) is 1. The van der Waals surface area contributed by atoms with Gasteiger partial charge in [0, 0.05) is 0 Å². The van der Waals surface area contributed by atoms with Gasteiger partial charge in [0.2, 0.25) is 0 Å². The zero-order valence-electron chi connectivity index (χ0n) is 13.0. The lowest BCUT2D eigenvalue weighted by Gasteiger charge is -2.05. The maximum Gasteiger partial charge on any atom is 0.341 e. The van der Waals surface area contributed by atoms with E-state index in [0.717, 1.165) is 0 Å². The van der Waals surface area contributed by atoms with Crippen molar-refractivity contribution < 1.29 is 28.6 Å².